The lowest BCUT2D eigenvalue weighted by Gasteiger charge is -2.17. The molecular weight excluding hydrogens is 171 g/mol. The number of amides is 1. The molecule has 12 heavy (non-hydrogen) atoms. The van der Waals surface area contributed by atoms with Crippen LogP contribution in [0.5, 0.6) is 0 Å². The van der Waals surface area contributed by atoms with Crippen molar-refractivity contribution in [1.82, 2.24) is 4.90 Å². The zero-order valence-electron chi connectivity index (χ0n) is 6.69. The van der Waals surface area contributed by atoms with Gasteiger partial charge in [0, 0.05) is 13.6 Å². The Bertz CT molecular complexity index is 186. The van der Waals surface area contributed by atoms with E-state index in [0.29, 0.717) is 5.92 Å². The van der Waals surface area contributed by atoms with Crippen LogP contribution in [0.15, 0.2) is 0 Å². The maximum Gasteiger partial charge on any atom is 0.471 e. The fraction of sp³-hybridized carbons (Fsp3) is 0.857. The largest absolute Gasteiger partial charge is 0.471 e. The lowest BCUT2D eigenvalue weighted by atomic mass is 10.4. The highest BCUT2D eigenvalue weighted by Gasteiger charge is 2.42. The van der Waals surface area contributed by atoms with E-state index < -0.39 is 12.1 Å². The lowest BCUT2D eigenvalue weighted by Crippen LogP contribution is -2.39. The summed E-state index contributed by atoms with van der Waals surface area (Å²) in [6, 6.07) is 0. The molecule has 0 bridgehead atoms. The zero-order valence-corrected chi connectivity index (χ0v) is 6.69. The van der Waals surface area contributed by atoms with Crippen LogP contribution in [0, 0.1) is 5.92 Å². The molecule has 2 nitrogen and oxygen atoms in total. The minimum Gasteiger partial charge on any atom is -0.338 e. The van der Waals surface area contributed by atoms with Crippen LogP contribution < -0.4 is 0 Å². The van der Waals surface area contributed by atoms with Gasteiger partial charge in [0.25, 0.3) is 0 Å². The quantitative estimate of drug-likeness (QED) is 0.630. The third-order valence-electron chi connectivity index (χ3n) is 1.82. The Kier molecular flexibility index (Phi) is 2.30. The van der Waals surface area contributed by atoms with Crippen molar-refractivity contribution in [3.8, 4) is 0 Å². The summed E-state index contributed by atoms with van der Waals surface area (Å²) in [6.07, 6.45) is -2.84. The van der Waals surface area contributed by atoms with Gasteiger partial charge >= 0.3 is 12.1 Å². The van der Waals surface area contributed by atoms with Crippen molar-refractivity contribution >= 4 is 5.91 Å². The van der Waals surface area contributed by atoms with Gasteiger partial charge in [0.15, 0.2) is 0 Å². The third kappa shape index (κ3) is 2.39. The fourth-order valence-electron chi connectivity index (χ4n) is 0.987. The first-order chi connectivity index (χ1) is 5.41. The van der Waals surface area contributed by atoms with E-state index in [2.05, 4.69) is 0 Å². The molecule has 0 atom stereocenters. The Morgan fingerprint density at radius 1 is 1.50 bits per heavy atom. The number of hydrogen-bond donors (Lipinski definition) is 0. The molecular formula is C7H10F3NO. The van der Waals surface area contributed by atoms with Crippen LogP contribution in [0.25, 0.3) is 0 Å². The molecule has 1 aliphatic carbocycles. The standard InChI is InChI=1S/C7H10F3NO/c1-11(4-5-2-3-5)6(12)7(8,9)10/h5H,2-4H2,1H3. The van der Waals surface area contributed by atoms with Crippen molar-refractivity contribution in [3.63, 3.8) is 0 Å². The Morgan fingerprint density at radius 2 is 2.00 bits per heavy atom. The van der Waals surface area contributed by atoms with E-state index in [1.54, 1.807) is 0 Å². The highest BCUT2D eigenvalue weighted by Crippen LogP contribution is 2.30. The average molecular weight is 181 g/mol. The first-order valence-corrected chi connectivity index (χ1v) is 3.73. The molecule has 1 amide bonds. The number of nitrogens with zero attached hydrogens (tertiary/aromatic N) is 1. The SMILES string of the molecule is CN(CC1CC1)C(=O)C(F)(F)F. The normalized spacial score (nSPS) is 17.7. The van der Waals surface area contributed by atoms with Crippen LogP contribution in [0.2, 0.25) is 0 Å². The molecule has 0 aromatic heterocycles. The van der Waals surface area contributed by atoms with Gasteiger partial charge in [-0.3, -0.25) is 4.79 Å². The van der Waals surface area contributed by atoms with Crippen LogP contribution in [0.4, 0.5) is 13.2 Å². The number of rotatable bonds is 2. The first-order valence-electron chi connectivity index (χ1n) is 3.73. The molecule has 1 aliphatic rings. The highest BCUT2D eigenvalue weighted by molar-refractivity contribution is 5.81. The van der Waals surface area contributed by atoms with Gasteiger partial charge in [-0.25, -0.2) is 0 Å². The minimum absolute atomic E-state index is 0.234. The van der Waals surface area contributed by atoms with Gasteiger partial charge < -0.3 is 4.90 Å². The van der Waals surface area contributed by atoms with Gasteiger partial charge in [0.1, 0.15) is 0 Å². The average Bonchev–Trinajstić information content (AvgIpc) is 2.68. The minimum atomic E-state index is -4.72. The molecule has 0 unspecified atom stereocenters. The van der Waals surface area contributed by atoms with Gasteiger partial charge in [-0.2, -0.15) is 13.2 Å². The summed E-state index contributed by atoms with van der Waals surface area (Å²) < 4.78 is 35.3. The third-order valence-corrected chi connectivity index (χ3v) is 1.82. The summed E-state index contributed by atoms with van der Waals surface area (Å²) in [7, 11) is 1.19. The van der Waals surface area contributed by atoms with Crippen LogP contribution in [0.1, 0.15) is 12.8 Å². The number of carbonyl (C=O) groups is 1. The maximum atomic E-state index is 11.8. The van der Waals surface area contributed by atoms with Crippen molar-refractivity contribution in [1.29, 1.82) is 0 Å². The molecule has 0 N–H and O–H groups in total. The number of halogens is 3. The van der Waals surface area contributed by atoms with Crippen molar-refractivity contribution in [2.24, 2.45) is 5.92 Å². The molecule has 0 aliphatic heterocycles. The molecule has 0 aromatic carbocycles. The van der Waals surface area contributed by atoms with Crippen molar-refractivity contribution in [2.75, 3.05) is 13.6 Å². The van der Waals surface area contributed by atoms with E-state index >= 15 is 0 Å². The Hall–Kier alpha value is -0.740. The van der Waals surface area contributed by atoms with E-state index in [1.165, 1.54) is 7.05 Å². The van der Waals surface area contributed by atoms with Crippen LogP contribution in [0.3, 0.4) is 0 Å². The molecule has 1 saturated carbocycles. The molecule has 0 spiro atoms. The maximum absolute atomic E-state index is 11.8. The second-order valence-corrected chi connectivity index (χ2v) is 3.13. The van der Waals surface area contributed by atoms with E-state index in [4.69, 9.17) is 0 Å². The number of hydrogen-bond acceptors (Lipinski definition) is 1. The molecule has 0 saturated heterocycles. The van der Waals surface area contributed by atoms with Crippen molar-refractivity contribution in [2.45, 2.75) is 19.0 Å². The predicted octanol–water partition coefficient (Wildman–Crippen LogP) is 1.42. The van der Waals surface area contributed by atoms with Gasteiger partial charge in [0.05, 0.1) is 0 Å². The van der Waals surface area contributed by atoms with E-state index in [1.807, 2.05) is 0 Å². The van der Waals surface area contributed by atoms with Gasteiger partial charge in [-0.15, -0.1) is 0 Å². The smallest absolute Gasteiger partial charge is 0.338 e. The molecule has 70 valence electrons. The zero-order chi connectivity index (χ0) is 9.35. The first kappa shape index (κ1) is 9.35. The summed E-state index contributed by atoms with van der Waals surface area (Å²) >= 11 is 0. The second kappa shape index (κ2) is 2.95. The summed E-state index contributed by atoms with van der Waals surface area (Å²) in [5, 5.41) is 0. The number of carbonyl (C=O) groups excluding carboxylic acids is 1. The van der Waals surface area contributed by atoms with Crippen molar-refractivity contribution in [3.05, 3.63) is 0 Å². The summed E-state index contributed by atoms with van der Waals surface area (Å²) in [6.45, 7) is 0.234. The summed E-state index contributed by atoms with van der Waals surface area (Å²) in [5.41, 5.74) is 0. The van der Waals surface area contributed by atoms with E-state index in [9.17, 15) is 18.0 Å². The Morgan fingerprint density at radius 3 is 2.33 bits per heavy atom. The van der Waals surface area contributed by atoms with Crippen LogP contribution in [-0.2, 0) is 4.79 Å². The topological polar surface area (TPSA) is 20.3 Å². The summed E-state index contributed by atoms with van der Waals surface area (Å²) in [5.74, 6) is -1.45. The Labute approximate surface area is 68.3 Å². The van der Waals surface area contributed by atoms with Gasteiger partial charge in [0.2, 0.25) is 0 Å². The predicted molar refractivity (Wildman–Crippen MR) is 36.4 cm³/mol. The lowest BCUT2D eigenvalue weighted by molar-refractivity contribution is -0.184. The number of alkyl halides is 3. The fourth-order valence-corrected chi connectivity index (χ4v) is 0.987. The molecule has 5 heteroatoms. The second-order valence-electron chi connectivity index (χ2n) is 3.13. The van der Waals surface area contributed by atoms with Gasteiger partial charge in [-0.05, 0) is 18.8 Å². The highest BCUT2D eigenvalue weighted by atomic mass is 19.4. The van der Waals surface area contributed by atoms with E-state index in [-0.39, 0.29) is 6.54 Å². The van der Waals surface area contributed by atoms with Crippen LogP contribution in [-0.4, -0.2) is 30.6 Å². The van der Waals surface area contributed by atoms with Crippen LogP contribution >= 0.6 is 0 Å². The van der Waals surface area contributed by atoms with Crippen molar-refractivity contribution < 1.29 is 18.0 Å². The molecule has 1 rings (SSSR count). The molecule has 0 aromatic rings. The van der Waals surface area contributed by atoms with Gasteiger partial charge in [-0.1, -0.05) is 0 Å². The monoisotopic (exact) mass is 181 g/mol. The van der Waals surface area contributed by atoms with E-state index in [0.717, 1.165) is 17.7 Å². The summed E-state index contributed by atoms with van der Waals surface area (Å²) in [4.78, 5) is 11.3. The molecule has 0 heterocycles. The molecule has 0 radical (unpaired) electrons. The Balaban J connectivity index is 2.39. The molecule has 1 fully saturated rings.